The van der Waals surface area contributed by atoms with Gasteiger partial charge in [0, 0.05) is 13.7 Å². The molecule has 0 aliphatic heterocycles. The molecule has 0 bridgehead atoms. The van der Waals surface area contributed by atoms with Crippen molar-refractivity contribution >= 4 is 50.2 Å². The van der Waals surface area contributed by atoms with E-state index in [1.807, 2.05) is 18.2 Å². The molecule has 0 atom stereocenters. The maximum Gasteiger partial charge on any atom is 0.338 e. The second-order valence-electron chi connectivity index (χ2n) is 3.58. The standard InChI is InChI=1S/C12H9BrINO3/c13-10-4-8(14)1-2-11(10)15-5-9-3-7(6-18-9)12(16)17/h1-4,6,15H,5H2,(H,16,17). The third kappa shape index (κ3) is 3.26. The van der Waals surface area contributed by atoms with E-state index >= 15 is 0 Å². The number of carboxylic acid groups (broad SMARTS) is 1. The lowest BCUT2D eigenvalue weighted by Crippen LogP contribution is -1.99. The summed E-state index contributed by atoms with van der Waals surface area (Å²) in [5.41, 5.74) is 1.09. The van der Waals surface area contributed by atoms with Crippen LogP contribution in [0.2, 0.25) is 0 Å². The summed E-state index contributed by atoms with van der Waals surface area (Å²) in [6.07, 6.45) is 1.24. The van der Waals surface area contributed by atoms with E-state index < -0.39 is 5.97 Å². The number of furan rings is 1. The molecule has 6 heteroatoms. The van der Waals surface area contributed by atoms with Crippen LogP contribution in [0.15, 0.2) is 39.4 Å². The van der Waals surface area contributed by atoms with Crippen molar-refractivity contribution in [3.8, 4) is 0 Å². The molecule has 0 saturated heterocycles. The number of benzene rings is 1. The van der Waals surface area contributed by atoms with Gasteiger partial charge in [0.05, 0.1) is 12.1 Å². The van der Waals surface area contributed by atoms with Crippen LogP contribution in [-0.4, -0.2) is 11.1 Å². The summed E-state index contributed by atoms with van der Waals surface area (Å²) < 4.78 is 7.24. The Bertz CT molecular complexity index is 582. The third-order valence-corrected chi connectivity index (χ3v) is 3.61. The Morgan fingerprint density at radius 3 is 2.83 bits per heavy atom. The summed E-state index contributed by atoms with van der Waals surface area (Å²) in [6, 6.07) is 7.44. The zero-order valence-electron chi connectivity index (χ0n) is 9.11. The fraction of sp³-hybridized carbons (Fsp3) is 0.0833. The molecule has 2 rings (SSSR count). The molecule has 4 nitrogen and oxygen atoms in total. The quantitative estimate of drug-likeness (QED) is 0.733. The largest absolute Gasteiger partial charge is 0.478 e. The Morgan fingerprint density at radius 1 is 1.44 bits per heavy atom. The number of hydrogen-bond acceptors (Lipinski definition) is 3. The van der Waals surface area contributed by atoms with E-state index in [9.17, 15) is 4.79 Å². The van der Waals surface area contributed by atoms with Gasteiger partial charge >= 0.3 is 5.97 Å². The number of aromatic carboxylic acids is 1. The molecule has 18 heavy (non-hydrogen) atoms. The van der Waals surface area contributed by atoms with Gasteiger partial charge in [-0.05, 0) is 62.8 Å². The van der Waals surface area contributed by atoms with E-state index in [1.165, 1.54) is 12.3 Å². The maximum atomic E-state index is 10.7. The summed E-state index contributed by atoms with van der Waals surface area (Å²) in [4.78, 5) is 10.7. The summed E-state index contributed by atoms with van der Waals surface area (Å²) >= 11 is 5.69. The van der Waals surface area contributed by atoms with E-state index in [-0.39, 0.29) is 5.56 Å². The highest BCUT2D eigenvalue weighted by molar-refractivity contribution is 14.1. The van der Waals surface area contributed by atoms with Gasteiger partial charge in [0.2, 0.25) is 0 Å². The van der Waals surface area contributed by atoms with Gasteiger partial charge in [-0.3, -0.25) is 0 Å². The van der Waals surface area contributed by atoms with Gasteiger partial charge in [-0.1, -0.05) is 0 Å². The van der Waals surface area contributed by atoms with Crippen molar-refractivity contribution in [1.82, 2.24) is 0 Å². The molecule has 0 unspecified atom stereocenters. The zero-order chi connectivity index (χ0) is 13.1. The highest BCUT2D eigenvalue weighted by atomic mass is 127. The predicted octanol–water partition coefficient (Wildman–Crippen LogP) is 3.96. The monoisotopic (exact) mass is 421 g/mol. The lowest BCUT2D eigenvalue weighted by atomic mass is 10.3. The molecule has 0 fully saturated rings. The van der Waals surface area contributed by atoms with Crippen LogP contribution in [0.3, 0.4) is 0 Å². The molecule has 1 aromatic heterocycles. The Morgan fingerprint density at radius 2 is 2.22 bits per heavy atom. The van der Waals surface area contributed by atoms with E-state index in [2.05, 4.69) is 43.8 Å². The molecular formula is C12H9BrINO3. The number of carbonyl (C=O) groups is 1. The highest BCUT2D eigenvalue weighted by Gasteiger charge is 2.08. The van der Waals surface area contributed by atoms with Gasteiger partial charge in [-0.2, -0.15) is 0 Å². The van der Waals surface area contributed by atoms with E-state index in [1.54, 1.807) is 0 Å². The molecule has 0 saturated carbocycles. The van der Waals surface area contributed by atoms with Crippen LogP contribution in [0.4, 0.5) is 5.69 Å². The first kappa shape index (κ1) is 13.4. The second-order valence-corrected chi connectivity index (χ2v) is 5.68. The number of rotatable bonds is 4. The Kier molecular flexibility index (Phi) is 4.28. The van der Waals surface area contributed by atoms with Crippen molar-refractivity contribution in [2.24, 2.45) is 0 Å². The number of anilines is 1. The zero-order valence-corrected chi connectivity index (χ0v) is 12.9. The number of carboxylic acids is 1. The van der Waals surface area contributed by atoms with Crippen molar-refractivity contribution < 1.29 is 14.3 Å². The van der Waals surface area contributed by atoms with Crippen molar-refractivity contribution in [3.05, 3.63) is 49.9 Å². The summed E-state index contributed by atoms with van der Waals surface area (Å²) in [5.74, 6) is -0.404. The molecule has 0 spiro atoms. The SMILES string of the molecule is O=C(O)c1coc(CNc2ccc(I)cc2Br)c1. The molecule has 94 valence electrons. The van der Waals surface area contributed by atoms with Crippen molar-refractivity contribution in [2.45, 2.75) is 6.54 Å². The minimum absolute atomic E-state index is 0.161. The van der Waals surface area contributed by atoms with Crippen LogP contribution < -0.4 is 5.32 Å². The van der Waals surface area contributed by atoms with Crippen LogP contribution in [0.25, 0.3) is 0 Å². The minimum atomic E-state index is -0.986. The van der Waals surface area contributed by atoms with Crippen molar-refractivity contribution in [3.63, 3.8) is 0 Å². The first-order valence-electron chi connectivity index (χ1n) is 5.06. The van der Waals surface area contributed by atoms with Gasteiger partial charge in [-0.25, -0.2) is 4.79 Å². The smallest absolute Gasteiger partial charge is 0.338 e. The Labute approximate surface area is 126 Å². The maximum absolute atomic E-state index is 10.7. The molecule has 0 aliphatic rings. The molecule has 2 aromatic rings. The van der Waals surface area contributed by atoms with Gasteiger partial charge in [-0.15, -0.1) is 0 Å². The molecule has 0 aliphatic carbocycles. The molecule has 1 aromatic carbocycles. The average Bonchev–Trinajstić information content (AvgIpc) is 2.76. The van der Waals surface area contributed by atoms with Gasteiger partial charge < -0.3 is 14.8 Å². The van der Waals surface area contributed by atoms with E-state index in [0.717, 1.165) is 13.7 Å². The molecular weight excluding hydrogens is 413 g/mol. The minimum Gasteiger partial charge on any atom is -0.478 e. The van der Waals surface area contributed by atoms with Gasteiger partial charge in [0.15, 0.2) is 0 Å². The van der Waals surface area contributed by atoms with E-state index in [4.69, 9.17) is 9.52 Å². The lowest BCUT2D eigenvalue weighted by molar-refractivity contribution is 0.0696. The number of halogens is 2. The Hall–Kier alpha value is -1.02. The second kappa shape index (κ2) is 5.75. The Balaban J connectivity index is 2.04. The van der Waals surface area contributed by atoms with Gasteiger partial charge in [0.25, 0.3) is 0 Å². The van der Waals surface area contributed by atoms with Crippen molar-refractivity contribution in [2.75, 3.05) is 5.32 Å². The molecule has 0 amide bonds. The fourth-order valence-electron chi connectivity index (χ4n) is 1.40. The summed E-state index contributed by atoms with van der Waals surface area (Å²) in [6.45, 7) is 0.437. The molecule has 2 N–H and O–H groups in total. The normalized spacial score (nSPS) is 10.3. The van der Waals surface area contributed by atoms with Crippen LogP contribution in [-0.2, 0) is 6.54 Å². The number of hydrogen-bond donors (Lipinski definition) is 2. The third-order valence-electron chi connectivity index (χ3n) is 2.28. The highest BCUT2D eigenvalue weighted by Crippen LogP contribution is 2.25. The van der Waals surface area contributed by atoms with Crippen LogP contribution in [0.5, 0.6) is 0 Å². The van der Waals surface area contributed by atoms with Crippen LogP contribution in [0, 0.1) is 3.57 Å². The fourth-order valence-corrected chi connectivity index (χ4v) is 2.84. The first-order valence-corrected chi connectivity index (χ1v) is 6.93. The van der Waals surface area contributed by atoms with Crippen LogP contribution >= 0.6 is 38.5 Å². The van der Waals surface area contributed by atoms with Gasteiger partial charge in [0.1, 0.15) is 12.0 Å². The molecule has 1 heterocycles. The predicted molar refractivity (Wildman–Crippen MR) is 79.9 cm³/mol. The van der Waals surface area contributed by atoms with Crippen molar-refractivity contribution in [1.29, 1.82) is 0 Å². The first-order chi connectivity index (χ1) is 8.56. The number of nitrogens with one attached hydrogen (secondary N) is 1. The lowest BCUT2D eigenvalue weighted by Gasteiger charge is -2.07. The summed E-state index contributed by atoms with van der Waals surface area (Å²) in [7, 11) is 0. The average molecular weight is 422 g/mol. The molecule has 0 radical (unpaired) electrons. The van der Waals surface area contributed by atoms with Crippen LogP contribution in [0.1, 0.15) is 16.1 Å². The summed E-state index contributed by atoms with van der Waals surface area (Å²) in [5, 5.41) is 11.9. The van der Waals surface area contributed by atoms with E-state index in [0.29, 0.717) is 12.3 Å². The topological polar surface area (TPSA) is 62.5 Å².